The fourth-order valence-electron chi connectivity index (χ4n) is 2.69. The second kappa shape index (κ2) is 7.32. The number of aromatic nitrogens is 1. The molecule has 1 aliphatic rings. The van der Waals surface area contributed by atoms with Crippen molar-refractivity contribution in [1.29, 1.82) is 0 Å². The number of nitrogens with one attached hydrogen (secondary N) is 2. The van der Waals surface area contributed by atoms with Crippen molar-refractivity contribution in [2.24, 2.45) is 5.92 Å². The molecule has 5 nitrogen and oxygen atoms in total. The van der Waals surface area contributed by atoms with E-state index in [1.807, 2.05) is 41.8 Å². The molecule has 3 aromatic rings. The van der Waals surface area contributed by atoms with E-state index in [0.717, 1.165) is 40.6 Å². The Morgan fingerprint density at radius 1 is 1.00 bits per heavy atom. The first kappa shape index (κ1) is 17.4. The molecule has 1 fully saturated rings. The van der Waals surface area contributed by atoms with Gasteiger partial charge < -0.3 is 10.6 Å². The van der Waals surface area contributed by atoms with E-state index in [-0.39, 0.29) is 17.6 Å². The molecule has 0 unspecified atom stereocenters. The number of nitrogens with zero attached hydrogens (tertiary/aromatic N) is 1. The number of hydrogen-bond donors (Lipinski definition) is 2. The summed E-state index contributed by atoms with van der Waals surface area (Å²) >= 11 is 1.52. The van der Waals surface area contributed by atoms with Gasteiger partial charge in [-0.05, 0) is 56.2 Å². The van der Waals surface area contributed by atoms with Gasteiger partial charge >= 0.3 is 0 Å². The third kappa shape index (κ3) is 4.23. The molecule has 1 amide bonds. The maximum absolute atomic E-state index is 11.8. The highest BCUT2D eigenvalue weighted by atomic mass is 32.1. The van der Waals surface area contributed by atoms with E-state index in [9.17, 15) is 9.59 Å². The van der Waals surface area contributed by atoms with Crippen LogP contribution in [-0.4, -0.2) is 16.7 Å². The molecule has 1 saturated carbocycles. The summed E-state index contributed by atoms with van der Waals surface area (Å²) in [5.74, 6) is 0.356. The van der Waals surface area contributed by atoms with Gasteiger partial charge in [0.15, 0.2) is 10.9 Å². The maximum atomic E-state index is 11.8. The summed E-state index contributed by atoms with van der Waals surface area (Å²) in [5, 5.41) is 8.97. The van der Waals surface area contributed by atoms with Crippen molar-refractivity contribution in [3.05, 3.63) is 59.5 Å². The zero-order valence-corrected chi connectivity index (χ0v) is 15.7. The zero-order valence-electron chi connectivity index (χ0n) is 14.9. The molecule has 27 heavy (non-hydrogen) atoms. The molecule has 4 rings (SSSR count). The number of hydrogen-bond acceptors (Lipinski definition) is 5. The highest BCUT2D eigenvalue weighted by Gasteiger charge is 2.29. The Labute approximate surface area is 161 Å². The molecular formula is C21H19N3O2S. The number of anilines is 3. The Balaban J connectivity index is 1.42. The number of Topliss-reactive ketones (excluding diaryl/α,β-unsaturated/α-hetero) is 1. The van der Waals surface area contributed by atoms with Gasteiger partial charge in [-0.1, -0.05) is 12.1 Å². The van der Waals surface area contributed by atoms with Gasteiger partial charge in [0.1, 0.15) is 0 Å². The first-order valence-electron chi connectivity index (χ1n) is 8.83. The van der Waals surface area contributed by atoms with E-state index in [0.29, 0.717) is 5.56 Å². The minimum Gasteiger partial charge on any atom is -0.332 e. The molecule has 1 aromatic heterocycles. The summed E-state index contributed by atoms with van der Waals surface area (Å²) in [6, 6.07) is 15.1. The van der Waals surface area contributed by atoms with Crippen LogP contribution in [0.25, 0.3) is 11.3 Å². The van der Waals surface area contributed by atoms with Crippen molar-refractivity contribution in [3.63, 3.8) is 0 Å². The Kier molecular flexibility index (Phi) is 4.73. The largest absolute Gasteiger partial charge is 0.332 e. The summed E-state index contributed by atoms with van der Waals surface area (Å²) in [5.41, 5.74) is 4.27. The zero-order chi connectivity index (χ0) is 18.8. The lowest BCUT2D eigenvalue weighted by atomic mass is 10.1. The Morgan fingerprint density at radius 2 is 1.67 bits per heavy atom. The molecule has 1 heterocycles. The van der Waals surface area contributed by atoms with Crippen LogP contribution in [0.4, 0.5) is 16.5 Å². The number of benzene rings is 2. The van der Waals surface area contributed by atoms with Gasteiger partial charge in [0.25, 0.3) is 0 Å². The smallest absolute Gasteiger partial charge is 0.227 e. The van der Waals surface area contributed by atoms with E-state index in [1.165, 1.54) is 11.3 Å². The van der Waals surface area contributed by atoms with Crippen molar-refractivity contribution in [1.82, 2.24) is 4.98 Å². The summed E-state index contributed by atoms with van der Waals surface area (Å²) in [7, 11) is 0. The molecular weight excluding hydrogens is 358 g/mol. The first-order valence-corrected chi connectivity index (χ1v) is 9.71. The van der Waals surface area contributed by atoms with Gasteiger partial charge in [-0.3, -0.25) is 9.59 Å². The predicted octanol–water partition coefficient (Wildman–Crippen LogP) is 5.10. The van der Waals surface area contributed by atoms with Crippen LogP contribution < -0.4 is 10.6 Å². The van der Waals surface area contributed by atoms with Crippen LogP contribution in [0.5, 0.6) is 0 Å². The summed E-state index contributed by atoms with van der Waals surface area (Å²) in [6.45, 7) is 1.55. The second-order valence-corrected chi connectivity index (χ2v) is 7.50. The highest BCUT2D eigenvalue weighted by Crippen LogP contribution is 2.31. The monoisotopic (exact) mass is 377 g/mol. The number of rotatable bonds is 6. The molecule has 1 aliphatic carbocycles. The topological polar surface area (TPSA) is 71.1 Å². The van der Waals surface area contributed by atoms with Crippen molar-refractivity contribution >= 4 is 39.5 Å². The lowest BCUT2D eigenvalue weighted by molar-refractivity contribution is -0.117. The summed E-state index contributed by atoms with van der Waals surface area (Å²) in [6.07, 6.45) is 1.99. The van der Waals surface area contributed by atoms with Gasteiger partial charge in [-0.15, -0.1) is 11.3 Å². The van der Waals surface area contributed by atoms with Crippen molar-refractivity contribution in [2.75, 3.05) is 10.6 Å². The van der Waals surface area contributed by atoms with Crippen LogP contribution in [0.3, 0.4) is 0 Å². The van der Waals surface area contributed by atoms with E-state index in [1.54, 1.807) is 19.1 Å². The highest BCUT2D eigenvalue weighted by molar-refractivity contribution is 7.14. The van der Waals surface area contributed by atoms with Gasteiger partial charge in [-0.2, -0.15) is 0 Å². The number of thiazole rings is 1. The van der Waals surface area contributed by atoms with Crippen LogP contribution >= 0.6 is 11.3 Å². The minimum absolute atomic E-state index is 0.0508. The minimum atomic E-state index is 0.0508. The molecule has 2 aromatic carbocycles. The lowest BCUT2D eigenvalue weighted by Crippen LogP contribution is -2.12. The summed E-state index contributed by atoms with van der Waals surface area (Å²) in [4.78, 5) is 27.8. The van der Waals surface area contributed by atoms with E-state index in [4.69, 9.17) is 0 Å². The number of amides is 1. The van der Waals surface area contributed by atoms with E-state index in [2.05, 4.69) is 15.6 Å². The Morgan fingerprint density at radius 3 is 2.30 bits per heavy atom. The van der Waals surface area contributed by atoms with Gasteiger partial charge in [-0.25, -0.2) is 4.98 Å². The van der Waals surface area contributed by atoms with Crippen molar-refractivity contribution in [3.8, 4) is 11.3 Å². The SMILES string of the molecule is CC(=O)c1ccc(Nc2nc(-c3ccc(NC(=O)C4CC4)cc3)cs2)cc1. The van der Waals surface area contributed by atoms with Crippen LogP contribution in [0.15, 0.2) is 53.9 Å². The molecule has 6 heteroatoms. The number of ketones is 1. The molecule has 0 atom stereocenters. The lowest BCUT2D eigenvalue weighted by Gasteiger charge is -2.05. The summed E-state index contributed by atoms with van der Waals surface area (Å²) < 4.78 is 0. The average molecular weight is 377 g/mol. The molecule has 0 spiro atoms. The molecule has 0 radical (unpaired) electrons. The van der Waals surface area contributed by atoms with E-state index >= 15 is 0 Å². The molecule has 0 bridgehead atoms. The Bertz CT molecular complexity index is 973. The second-order valence-electron chi connectivity index (χ2n) is 6.64. The first-order chi connectivity index (χ1) is 13.1. The van der Waals surface area contributed by atoms with Crippen molar-refractivity contribution < 1.29 is 9.59 Å². The van der Waals surface area contributed by atoms with E-state index < -0.39 is 0 Å². The normalized spacial score (nSPS) is 13.2. The predicted molar refractivity (Wildman–Crippen MR) is 109 cm³/mol. The quantitative estimate of drug-likeness (QED) is 0.586. The van der Waals surface area contributed by atoms with Gasteiger partial charge in [0.05, 0.1) is 5.69 Å². The Hall–Kier alpha value is -2.99. The van der Waals surface area contributed by atoms with Crippen LogP contribution in [0, 0.1) is 5.92 Å². The third-order valence-corrected chi connectivity index (χ3v) is 5.20. The van der Waals surface area contributed by atoms with Crippen LogP contribution in [-0.2, 0) is 4.79 Å². The molecule has 0 aliphatic heterocycles. The molecule has 2 N–H and O–H groups in total. The maximum Gasteiger partial charge on any atom is 0.227 e. The van der Waals surface area contributed by atoms with Gasteiger partial charge in [0.2, 0.25) is 5.91 Å². The average Bonchev–Trinajstić information content (AvgIpc) is 3.43. The van der Waals surface area contributed by atoms with Crippen LogP contribution in [0.1, 0.15) is 30.1 Å². The number of carbonyl (C=O) groups is 2. The van der Waals surface area contributed by atoms with Crippen molar-refractivity contribution in [2.45, 2.75) is 19.8 Å². The van der Waals surface area contributed by atoms with Crippen LogP contribution in [0.2, 0.25) is 0 Å². The molecule has 0 saturated heterocycles. The number of carbonyl (C=O) groups excluding carboxylic acids is 2. The fraction of sp³-hybridized carbons (Fsp3) is 0.190. The standard InChI is InChI=1S/C21H19N3O2S/c1-13(25)14-4-8-18(9-5-14)23-21-24-19(12-27-21)15-6-10-17(11-7-15)22-20(26)16-2-3-16/h4-12,16H,2-3H2,1H3,(H,22,26)(H,23,24). The van der Waals surface area contributed by atoms with Gasteiger partial charge in [0, 0.05) is 33.8 Å². The fourth-order valence-corrected chi connectivity index (χ4v) is 3.43. The third-order valence-electron chi connectivity index (χ3n) is 4.44. The molecule has 136 valence electrons.